The molecule has 1 aromatic rings. The average Bonchev–Trinajstić information content (AvgIpc) is 2.81. The number of nitrogens with one attached hydrogen (secondary N) is 1. The number of H-pyrrole nitrogens is 1. The third-order valence-corrected chi connectivity index (χ3v) is 3.03. The van der Waals surface area contributed by atoms with Gasteiger partial charge in [0.1, 0.15) is 0 Å². The van der Waals surface area contributed by atoms with Gasteiger partial charge in [-0.25, -0.2) is 0 Å². The molecule has 1 aromatic heterocycles. The lowest BCUT2D eigenvalue weighted by molar-refractivity contribution is 0.0648. The highest BCUT2D eigenvalue weighted by molar-refractivity contribution is 5.90. The molecule has 0 bridgehead atoms. The minimum absolute atomic E-state index is 0.112. The predicted molar refractivity (Wildman–Crippen MR) is 56.5 cm³/mol. The second kappa shape index (κ2) is 4.56. The first-order valence-electron chi connectivity index (χ1n) is 5.47. The molecule has 0 saturated carbocycles. The van der Waals surface area contributed by atoms with E-state index in [2.05, 4.69) is 20.6 Å². The zero-order valence-corrected chi connectivity index (χ0v) is 9.26. The number of hydrogen-bond donors (Lipinski definition) is 2. The van der Waals surface area contributed by atoms with Gasteiger partial charge in [0.25, 0.3) is 11.7 Å². The van der Waals surface area contributed by atoms with Gasteiger partial charge < -0.3 is 10.6 Å². The number of nitrogens with two attached hydrogens (primary N) is 1. The Morgan fingerprint density at radius 1 is 1.69 bits per heavy atom. The van der Waals surface area contributed by atoms with E-state index in [1.165, 1.54) is 0 Å². The van der Waals surface area contributed by atoms with Gasteiger partial charge >= 0.3 is 0 Å². The average molecular weight is 224 g/mol. The normalized spacial score (nSPS) is 23.1. The number of aromatic nitrogens is 4. The Morgan fingerprint density at radius 2 is 2.50 bits per heavy atom. The van der Waals surface area contributed by atoms with E-state index in [1.807, 2.05) is 6.92 Å². The molecule has 7 nitrogen and oxygen atoms in total. The summed E-state index contributed by atoms with van der Waals surface area (Å²) in [5.74, 6) is 0.328. The first-order valence-corrected chi connectivity index (χ1v) is 5.47. The Hall–Kier alpha value is -1.50. The van der Waals surface area contributed by atoms with Crippen molar-refractivity contribution < 1.29 is 4.79 Å². The van der Waals surface area contributed by atoms with Crippen molar-refractivity contribution >= 4 is 5.91 Å². The molecule has 2 unspecified atom stereocenters. The highest BCUT2D eigenvalue weighted by atomic mass is 16.2. The van der Waals surface area contributed by atoms with Crippen LogP contribution in [-0.4, -0.2) is 50.6 Å². The molecule has 2 atom stereocenters. The van der Waals surface area contributed by atoms with Gasteiger partial charge in [0, 0.05) is 19.1 Å². The van der Waals surface area contributed by atoms with E-state index in [0.717, 1.165) is 19.4 Å². The number of tetrazole rings is 1. The van der Waals surface area contributed by atoms with Gasteiger partial charge in [-0.15, -0.1) is 10.2 Å². The molecule has 0 aliphatic carbocycles. The van der Waals surface area contributed by atoms with Crippen LogP contribution >= 0.6 is 0 Å². The zero-order chi connectivity index (χ0) is 11.5. The van der Waals surface area contributed by atoms with Crippen molar-refractivity contribution in [3.05, 3.63) is 5.82 Å². The van der Waals surface area contributed by atoms with Crippen molar-refractivity contribution in [2.24, 2.45) is 11.7 Å². The largest absolute Gasteiger partial charge is 0.335 e. The van der Waals surface area contributed by atoms with Crippen LogP contribution in [0.1, 0.15) is 30.4 Å². The molecule has 3 N–H and O–H groups in total. The molecule has 1 aliphatic rings. The fourth-order valence-corrected chi connectivity index (χ4v) is 2.02. The van der Waals surface area contributed by atoms with Crippen LogP contribution in [0.15, 0.2) is 0 Å². The second-order valence-corrected chi connectivity index (χ2v) is 4.25. The van der Waals surface area contributed by atoms with Crippen molar-refractivity contribution in [1.29, 1.82) is 0 Å². The summed E-state index contributed by atoms with van der Waals surface area (Å²) in [6.07, 6.45) is 2.06. The quantitative estimate of drug-likeness (QED) is 0.698. The fourth-order valence-electron chi connectivity index (χ4n) is 2.02. The summed E-state index contributed by atoms with van der Waals surface area (Å²) in [6, 6.07) is 0.112. The topological polar surface area (TPSA) is 101 Å². The number of likely N-dealkylation sites (tertiary alicyclic amines) is 1. The molecule has 0 aromatic carbocycles. The van der Waals surface area contributed by atoms with Crippen LogP contribution in [0.5, 0.6) is 0 Å². The maximum absolute atomic E-state index is 11.9. The third-order valence-electron chi connectivity index (χ3n) is 3.03. The Labute approximate surface area is 93.4 Å². The molecule has 16 heavy (non-hydrogen) atoms. The standard InChI is InChI=1S/C9H16N6O/c1-6(10)7-3-2-4-15(5-7)9(16)8-11-13-14-12-8/h6-7H,2-5,10H2,1H3,(H,11,12,13,14). The number of piperidine rings is 1. The van der Waals surface area contributed by atoms with E-state index in [-0.39, 0.29) is 17.8 Å². The molecule has 1 saturated heterocycles. The van der Waals surface area contributed by atoms with Gasteiger partial charge in [0.2, 0.25) is 0 Å². The number of nitrogens with zero attached hydrogens (tertiary/aromatic N) is 4. The third kappa shape index (κ3) is 2.19. The summed E-state index contributed by atoms with van der Waals surface area (Å²) >= 11 is 0. The van der Waals surface area contributed by atoms with Crippen molar-refractivity contribution in [3.8, 4) is 0 Å². The van der Waals surface area contributed by atoms with E-state index < -0.39 is 0 Å². The SMILES string of the molecule is CC(N)C1CCCN(C(=O)c2nn[nH]n2)C1. The van der Waals surface area contributed by atoms with Crippen LogP contribution in [0, 0.1) is 5.92 Å². The number of rotatable bonds is 2. The molecule has 2 rings (SSSR count). The maximum Gasteiger partial charge on any atom is 0.295 e. The van der Waals surface area contributed by atoms with Gasteiger partial charge in [-0.1, -0.05) is 0 Å². The van der Waals surface area contributed by atoms with Crippen LogP contribution in [0.4, 0.5) is 0 Å². The summed E-state index contributed by atoms with van der Waals surface area (Å²) in [4.78, 5) is 13.7. The minimum Gasteiger partial charge on any atom is -0.335 e. The van der Waals surface area contributed by atoms with Crippen molar-refractivity contribution in [1.82, 2.24) is 25.5 Å². The molecule has 1 fully saturated rings. The van der Waals surface area contributed by atoms with Gasteiger partial charge in [-0.2, -0.15) is 5.21 Å². The summed E-state index contributed by atoms with van der Waals surface area (Å²) in [6.45, 7) is 3.41. The highest BCUT2D eigenvalue weighted by Crippen LogP contribution is 2.19. The predicted octanol–water partition coefficient (Wildman–Crippen LogP) is -0.601. The maximum atomic E-state index is 11.9. The molecule has 2 heterocycles. The summed E-state index contributed by atoms with van der Waals surface area (Å²) < 4.78 is 0. The Bertz CT molecular complexity index is 349. The van der Waals surface area contributed by atoms with Crippen LogP contribution in [0.3, 0.4) is 0 Å². The van der Waals surface area contributed by atoms with E-state index in [9.17, 15) is 4.79 Å². The van der Waals surface area contributed by atoms with E-state index in [1.54, 1.807) is 4.90 Å². The van der Waals surface area contributed by atoms with E-state index in [0.29, 0.717) is 12.5 Å². The van der Waals surface area contributed by atoms with Gasteiger partial charge in [-0.3, -0.25) is 4.79 Å². The summed E-state index contributed by atoms with van der Waals surface area (Å²) in [7, 11) is 0. The molecule has 0 radical (unpaired) electrons. The van der Waals surface area contributed by atoms with E-state index in [4.69, 9.17) is 5.73 Å². The first kappa shape index (κ1) is 11.0. The lowest BCUT2D eigenvalue weighted by atomic mass is 9.92. The summed E-state index contributed by atoms with van der Waals surface area (Å²) in [5, 5.41) is 13.0. The number of carbonyl (C=O) groups excluding carboxylic acids is 1. The van der Waals surface area contributed by atoms with Crippen LogP contribution in [0.2, 0.25) is 0 Å². The highest BCUT2D eigenvalue weighted by Gasteiger charge is 2.28. The smallest absolute Gasteiger partial charge is 0.295 e. The fraction of sp³-hybridized carbons (Fsp3) is 0.778. The molecule has 88 valence electrons. The Morgan fingerprint density at radius 3 is 3.12 bits per heavy atom. The second-order valence-electron chi connectivity index (χ2n) is 4.25. The molecular formula is C9H16N6O. The Balaban J connectivity index is 2.02. The van der Waals surface area contributed by atoms with Crippen molar-refractivity contribution in [2.75, 3.05) is 13.1 Å². The summed E-state index contributed by atoms with van der Waals surface area (Å²) in [5.41, 5.74) is 5.86. The number of aromatic amines is 1. The monoisotopic (exact) mass is 224 g/mol. The minimum atomic E-state index is -0.167. The number of carbonyl (C=O) groups is 1. The van der Waals surface area contributed by atoms with Gasteiger partial charge in [0.05, 0.1) is 0 Å². The Kier molecular flexibility index (Phi) is 3.14. The van der Waals surface area contributed by atoms with Crippen molar-refractivity contribution in [3.63, 3.8) is 0 Å². The van der Waals surface area contributed by atoms with Gasteiger partial charge in [0.15, 0.2) is 0 Å². The van der Waals surface area contributed by atoms with Crippen LogP contribution in [0.25, 0.3) is 0 Å². The molecule has 1 amide bonds. The molecule has 7 heteroatoms. The van der Waals surface area contributed by atoms with Gasteiger partial charge in [-0.05, 0) is 30.9 Å². The van der Waals surface area contributed by atoms with Crippen LogP contribution < -0.4 is 5.73 Å². The lowest BCUT2D eigenvalue weighted by Crippen LogP contribution is -2.45. The molecular weight excluding hydrogens is 208 g/mol. The molecule has 1 aliphatic heterocycles. The van der Waals surface area contributed by atoms with E-state index >= 15 is 0 Å². The first-order chi connectivity index (χ1) is 7.68. The van der Waals surface area contributed by atoms with Crippen LogP contribution in [-0.2, 0) is 0 Å². The molecule has 0 spiro atoms. The number of amides is 1. The van der Waals surface area contributed by atoms with Crippen molar-refractivity contribution in [2.45, 2.75) is 25.8 Å². The number of hydrogen-bond acceptors (Lipinski definition) is 5. The lowest BCUT2D eigenvalue weighted by Gasteiger charge is -2.33. The zero-order valence-electron chi connectivity index (χ0n) is 9.26.